The number of nitrogens with two attached hydrogens (primary N) is 1. The minimum absolute atomic E-state index is 0.0716. The summed E-state index contributed by atoms with van der Waals surface area (Å²) in [5.41, 5.74) is 6.40. The van der Waals surface area contributed by atoms with Crippen LogP contribution in [0, 0.1) is 0 Å². The summed E-state index contributed by atoms with van der Waals surface area (Å²) in [5.74, 6) is 0.513. The van der Waals surface area contributed by atoms with Gasteiger partial charge in [0.05, 0.1) is 28.5 Å². The largest absolute Gasteiger partial charge is 0.378 e. The molecule has 0 spiro atoms. The third kappa shape index (κ3) is 8.67. The molecule has 1 amide bonds. The van der Waals surface area contributed by atoms with Gasteiger partial charge >= 0.3 is 0 Å². The number of halogens is 2. The second kappa shape index (κ2) is 12.6. The molecule has 0 unspecified atom stereocenters. The van der Waals surface area contributed by atoms with Gasteiger partial charge in [0.1, 0.15) is 6.23 Å². The highest BCUT2D eigenvalue weighted by Crippen LogP contribution is 2.28. The van der Waals surface area contributed by atoms with Crippen LogP contribution >= 0.6 is 58.1 Å². The predicted molar refractivity (Wildman–Crippen MR) is 126 cm³/mol. The van der Waals surface area contributed by atoms with Crippen LogP contribution in [-0.2, 0) is 16.1 Å². The Balaban J connectivity index is 1.37. The van der Waals surface area contributed by atoms with Crippen molar-refractivity contribution in [2.45, 2.75) is 27.6 Å². The third-order valence-corrected chi connectivity index (χ3v) is 8.26. The van der Waals surface area contributed by atoms with Gasteiger partial charge in [-0.05, 0) is 17.7 Å². The molecule has 3 rings (SSSR count). The van der Waals surface area contributed by atoms with E-state index >= 15 is 0 Å². The molecule has 2 atom stereocenters. The van der Waals surface area contributed by atoms with Crippen LogP contribution in [0.1, 0.15) is 5.56 Å². The molecule has 1 aliphatic rings. The molecule has 1 aromatic heterocycles. The Morgan fingerprint density at radius 2 is 2.13 bits per heavy atom. The Morgan fingerprint density at radius 1 is 1.35 bits per heavy atom. The number of rotatable bonds is 10. The van der Waals surface area contributed by atoms with Crippen LogP contribution in [0.3, 0.4) is 0 Å². The summed E-state index contributed by atoms with van der Waals surface area (Å²) in [6.45, 7) is 3.35. The Bertz CT molecular complexity index is 874. The lowest BCUT2D eigenvalue weighted by Gasteiger charge is -2.33. The molecule has 2 aromatic rings. The lowest BCUT2D eigenvalue weighted by atomic mass is 10.2. The predicted octanol–water partition coefficient (Wildman–Crippen LogP) is 2.32. The summed E-state index contributed by atoms with van der Waals surface area (Å²) < 4.78 is 7.20. The zero-order valence-electron chi connectivity index (χ0n) is 16.5. The van der Waals surface area contributed by atoms with Gasteiger partial charge in [-0.15, -0.1) is 10.2 Å². The van der Waals surface area contributed by atoms with Crippen molar-refractivity contribution in [1.29, 1.82) is 0 Å². The fourth-order valence-corrected chi connectivity index (χ4v) is 5.80. The van der Waals surface area contributed by atoms with E-state index in [1.54, 1.807) is 6.07 Å². The molecule has 1 fully saturated rings. The molecular formula is C18H23Cl2N5O3S3. The van der Waals surface area contributed by atoms with E-state index in [0.717, 1.165) is 25.2 Å². The maximum atomic E-state index is 12.2. The average Bonchev–Trinajstić information content (AvgIpc) is 3.20. The molecule has 0 radical (unpaired) electrons. The van der Waals surface area contributed by atoms with Gasteiger partial charge < -0.3 is 20.9 Å². The lowest BCUT2D eigenvalue weighted by molar-refractivity contribution is -0.119. The minimum Gasteiger partial charge on any atom is -0.378 e. The summed E-state index contributed by atoms with van der Waals surface area (Å²) >= 11 is 16.1. The SMILES string of the molecule is N[C@@H](O)CSc1nnc(SCC(=O)NC[C@H]2CN(Cc3ccc(Cl)c(Cl)c3)CCO2)s1. The molecule has 1 aliphatic heterocycles. The average molecular weight is 525 g/mol. The topological polar surface area (TPSA) is 114 Å². The van der Waals surface area contributed by atoms with Gasteiger partial charge in [0, 0.05) is 31.9 Å². The maximum absolute atomic E-state index is 12.2. The zero-order valence-corrected chi connectivity index (χ0v) is 20.5. The van der Waals surface area contributed by atoms with Crippen molar-refractivity contribution in [3.63, 3.8) is 0 Å². The number of amides is 1. The van der Waals surface area contributed by atoms with E-state index in [9.17, 15) is 4.79 Å². The number of aliphatic hydroxyl groups is 1. The maximum Gasteiger partial charge on any atom is 0.230 e. The number of carbonyl (C=O) groups is 1. The highest BCUT2D eigenvalue weighted by atomic mass is 35.5. The summed E-state index contributed by atoms with van der Waals surface area (Å²) in [5, 5.41) is 21.2. The van der Waals surface area contributed by atoms with Crippen molar-refractivity contribution >= 4 is 64.0 Å². The number of aromatic nitrogens is 2. The molecule has 170 valence electrons. The highest BCUT2D eigenvalue weighted by Gasteiger charge is 2.21. The number of hydrogen-bond acceptors (Lipinski definition) is 10. The molecule has 0 aliphatic carbocycles. The molecule has 0 saturated carbocycles. The number of nitrogens with one attached hydrogen (secondary N) is 1. The fraction of sp³-hybridized carbons (Fsp3) is 0.500. The van der Waals surface area contributed by atoms with Gasteiger partial charge in [0.25, 0.3) is 0 Å². The second-order valence-electron chi connectivity index (χ2n) is 6.78. The third-order valence-electron chi connectivity index (χ3n) is 4.23. The van der Waals surface area contributed by atoms with E-state index in [0.29, 0.717) is 37.6 Å². The van der Waals surface area contributed by atoms with Crippen molar-refractivity contribution in [1.82, 2.24) is 20.4 Å². The van der Waals surface area contributed by atoms with Crippen LogP contribution in [0.2, 0.25) is 10.0 Å². The number of ether oxygens (including phenoxy) is 1. The van der Waals surface area contributed by atoms with E-state index < -0.39 is 6.23 Å². The minimum atomic E-state index is -0.891. The smallest absolute Gasteiger partial charge is 0.230 e. The first-order valence-corrected chi connectivity index (χ1v) is 13.0. The molecule has 13 heteroatoms. The van der Waals surface area contributed by atoms with Crippen molar-refractivity contribution in [3.05, 3.63) is 33.8 Å². The number of benzene rings is 1. The Labute approximate surface area is 203 Å². The van der Waals surface area contributed by atoms with Gasteiger partial charge in [-0.2, -0.15) is 0 Å². The van der Waals surface area contributed by atoms with Gasteiger partial charge in [0.15, 0.2) is 8.68 Å². The number of morpholine rings is 1. The second-order valence-corrected chi connectivity index (χ2v) is 11.1. The first-order chi connectivity index (χ1) is 14.9. The summed E-state index contributed by atoms with van der Waals surface area (Å²) in [4.78, 5) is 14.5. The van der Waals surface area contributed by atoms with Crippen LogP contribution in [0.4, 0.5) is 0 Å². The van der Waals surface area contributed by atoms with E-state index in [1.165, 1.54) is 34.9 Å². The quantitative estimate of drug-likeness (QED) is 0.318. The summed E-state index contributed by atoms with van der Waals surface area (Å²) in [7, 11) is 0. The first-order valence-electron chi connectivity index (χ1n) is 9.46. The fourth-order valence-electron chi connectivity index (χ4n) is 2.82. The number of thioether (sulfide) groups is 2. The van der Waals surface area contributed by atoms with Crippen molar-refractivity contribution in [2.24, 2.45) is 5.73 Å². The zero-order chi connectivity index (χ0) is 22.2. The van der Waals surface area contributed by atoms with Crippen LogP contribution in [0.25, 0.3) is 0 Å². The van der Waals surface area contributed by atoms with E-state index in [4.69, 9.17) is 38.8 Å². The van der Waals surface area contributed by atoms with Crippen LogP contribution in [0.15, 0.2) is 26.9 Å². The number of hydrogen-bond donors (Lipinski definition) is 3. The molecule has 1 aromatic carbocycles. The molecule has 1 saturated heterocycles. The van der Waals surface area contributed by atoms with Gasteiger partial charge in [-0.1, -0.05) is 64.1 Å². The van der Waals surface area contributed by atoms with Crippen molar-refractivity contribution < 1.29 is 14.6 Å². The van der Waals surface area contributed by atoms with Crippen molar-refractivity contribution in [2.75, 3.05) is 37.7 Å². The lowest BCUT2D eigenvalue weighted by Crippen LogP contribution is -2.47. The monoisotopic (exact) mass is 523 g/mol. The van der Waals surface area contributed by atoms with E-state index in [1.807, 2.05) is 12.1 Å². The Hall–Kier alpha value is -0.630. The van der Waals surface area contributed by atoms with E-state index in [-0.39, 0.29) is 17.8 Å². The van der Waals surface area contributed by atoms with Crippen molar-refractivity contribution in [3.8, 4) is 0 Å². The highest BCUT2D eigenvalue weighted by molar-refractivity contribution is 8.03. The van der Waals surface area contributed by atoms with Crippen LogP contribution in [0.5, 0.6) is 0 Å². The number of nitrogens with zero attached hydrogens (tertiary/aromatic N) is 3. The van der Waals surface area contributed by atoms with Gasteiger partial charge in [0.2, 0.25) is 5.91 Å². The van der Waals surface area contributed by atoms with Crippen LogP contribution < -0.4 is 11.1 Å². The number of carbonyl (C=O) groups excluding carboxylic acids is 1. The molecule has 31 heavy (non-hydrogen) atoms. The molecule has 2 heterocycles. The van der Waals surface area contributed by atoms with Crippen LogP contribution in [-0.4, -0.2) is 76.2 Å². The standard InChI is InChI=1S/C18H23Cl2N5O3S3/c19-13-2-1-11(5-14(13)20)7-25-3-4-28-12(8-25)6-22-16(27)10-30-18-24-23-17(31-18)29-9-15(21)26/h1-2,5,12,15,26H,3-4,6-10,21H2,(H,22,27)/t12-,15-/m0/s1. The molecule has 0 bridgehead atoms. The summed E-state index contributed by atoms with van der Waals surface area (Å²) in [6, 6.07) is 5.65. The first kappa shape index (κ1) is 25.0. The number of aliphatic hydroxyl groups excluding tert-OH is 1. The normalized spacial score (nSPS) is 18.1. The van der Waals surface area contributed by atoms with Gasteiger partial charge in [-0.25, -0.2) is 0 Å². The Morgan fingerprint density at radius 3 is 2.87 bits per heavy atom. The molecule has 8 nitrogen and oxygen atoms in total. The van der Waals surface area contributed by atoms with Gasteiger partial charge in [-0.3, -0.25) is 9.69 Å². The molecule has 4 N–H and O–H groups in total. The molecular weight excluding hydrogens is 501 g/mol. The summed E-state index contributed by atoms with van der Waals surface area (Å²) in [6.07, 6.45) is -0.963. The van der Waals surface area contributed by atoms with E-state index in [2.05, 4.69) is 20.4 Å². The Kier molecular flexibility index (Phi) is 10.1.